The largest absolute Gasteiger partial charge is 0.496 e. The number of nitrogens with zero attached hydrogens (tertiary/aromatic N) is 4. The number of nitrogen functional groups attached to an aromatic ring is 1. The molecule has 2 N–H and O–H groups in total. The molecule has 0 amide bonds. The van der Waals surface area contributed by atoms with Gasteiger partial charge >= 0.3 is 0 Å². The van der Waals surface area contributed by atoms with Crippen LogP contribution in [0.2, 0.25) is 0 Å². The molecule has 0 spiro atoms. The highest BCUT2D eigenvalue weighted by molar-refractivity contribution is 7.99. The molecule has 3 rings (SSSR count). The fourth-order valence-electron chi connectivity index (χ4n) is 2.22. The Labute approximate surface area is 146 Å². The maximum absolute atomic E-state index is 5.89. The molecule has 126 valence electrons. The SMILES string of the molecule is COc1ccccc1Sc1nc(N)nc2c1ncn2CCOCP. The summed E-state index contributed by atoms with van der Waals surface area (Å²) < 4.78 is 12.7. The van der Waals surface area contributed by atoms with E-state index in [1.807, 2.05) is 28.8 Å². The van der Waals surface area contributed by atoms with Crippen LogP contribution in [0.15, 0.2) is 40.5 Å². The second-order valence-electron chi connectivity index (χ2n) is 4.82. The van der Waals surface area contributed by atoms with Crippen molar-refractivity contribution in [1.29, 1.82) is 0 Å². The molecule has 3 aromatic rings. The average Bonchev–Trinajstić information content (AvgIpc) is 2.99. The van der Waals surface area contributed by atoms with Gasteiger partial charge in [0.25, 0.3) is 0 Å². The Hall–Kier alpha value is -1.89. The Bertz CT molecular complexity index is 842. The highest BCUT2D eigenvalue weighted by Gasteiger charge is 2.15. The zero-order valence-corrected chi connectivity index (χ0v) is 15.1. The molecule has 0 bridgehead atoms. The van der Waals surface area contributed by atoms with Crippen molar-refractivity contribution in [2.75, 3.05) is 25.8 Å². The predicted molar refractivity (Wildman–Crippen MR) is 97.4 cm³/mol. The fourth-order valence-corrected chi connectivity index (χ4v) is 3.38. The quantitative estimate of drug-likeness (QED) is 0.392. The first-order valence-corrected chi connectivity index (χ1v) is 8.93. The predicted octanol–water partition coefficient (Wildman–Crippen LogP) is 2.42. The van der Waals surface area contributed by atoms with Gasteiger partial charge in [0.05, 0.1) is 31.3 Å². The second-order valence-corrected chi connectivity index (χ2v) is 6.19. The number of nitrogens with two attached hydrogens (primary N) is 1. The lowest BCUT2D eigenvalue weighted by Gasteiger charge is -2.08. The van der Waals surface area contributed by atoms with Crippen LogP contribution >= 0.6 is 21.0 Å². The minimum absolute atomic E-state index is 0.216. The zero-order valence-electron chi connectivity index (χ0n) is 13.2. The topological polar surface area (TPSA) is 88.1 Å². The van der Waals surface area contributed by atoms with Gasteiger partial charge in [0.2, 0.25) is 5.95 Å². The number of anilines is 1. The summed E-state index contributed by atoms with van der Waals surface area (Å²) in [7, 11) is 4.17. The first-order chi connectivity index (χ1) is 11.7. The monoisotopic (exact) mass is 363 g/mol. The third-order valence-corrected chi connectivity index (χ3v) is 4.59. The van der Waals surface area contributed by atoms with Crippen LogP contribution in [0.4, 0.5) is 5.95 Å². The van der Waals surface area contributed by atoms with Gasteiger partial charge in [-0.15, -0.1) is 9.24 Å². The molecule has 9 heteroatoms. The first kappa shape index (κ1) is 17.0. The van der Waals surface area contributed by atoms with Gasteiger partial charge in [-0.3, -0.25) is 0 Å². The highest BCUT2D eigenvalue weighted by atomic mass is 32.2. The number of imidazole rings is 1. The van der Waals surface area contributed by atoms with Crippen LogP contribution < -0.4 is 10.5 Å². The maximum atomic E-state index is 5.89. The lowest BCUT2D eigenvalue weighted by molar-refractivity contribution is 0.173. The Morgan fingerprint density at radius 2 is 2.12 bits per heavy atom. The van der Waals surface area contributed by atoms with Gasteiger partial charge in [-0.25, -0.2) is 9.97 Å². The molecule has 0 saturated carbocycles. The number of para-hydroxylation sites is 1. The molecule has 0 radical (unpaired) electrons. The van der Waals surface area contributed by atoms with E-state index in [4.69, 9.17) is 15.2 Å². The molecule has 0 aliphatic rings. The molecule has 0 aliphatic carbocycles. The molecule has 0 fully saturated rings. The summed E-state index contributed by atoms with van der Waals surface area (Å²) in [5.41, 5.74) is 7.30. The Kier molecular flexibility index (Phi) is 5.50. The number of ether oxygens (including phenoxy) is 2. The van der Waals surface area contributed by atoms with Crippen molar-refractivity contribution < 1.29 is 9.47 Å². The average molecular weight is 363 g/mol. The Morgan fingerprint density at radius 3 is 2.92 bits per heavy atom. The van der Waals surface area contributed by atoms with E-state index in [1.54, 1.807) is 13.4 Å². The number of benzene rings is 1. The molecule has 24 heavy (non-hydrogen) atoms. The lowest BCUT2D eigenvalue weighted by Crippen LogP contribution is -2.06. The Balaban J connectivity index is 1.96. The smallest absolute Gasteiger partial charge is 0.223 e. The number of hydrogen-bond donors (Lipinski definition) is 1. The summed E-state index contributed by atoms with van der Waals surface area (Å²) in [4.78, 5) is 14.1. The van der Waals surface area contributed by atoms with Crippen molar-refractivity contribution in [2.24, 2.45) is 0 Å². The van der Waals surface area contributed by atoms with Crippen molar-refractivity contribution in [2.45, 2.75) is 16.5 Å². The van der Waals surface area contributed by atoms with Crippen LogP contribution in [-0.4, -0.2) is 39.6 Å². The van der Waals surface area contributed by atoms with Gasteiger partial charge in [0.1, 0.15) is 16.3 Å². The van der Waals surface area contributed by atoms with E-state index in [1.165, 1.54) is 11.8 Å². The van der Waals surface area contributed by atoms with Crippen LogP contribution in [0.5, 0.6) is 5.75 Å². The van der Waals surface area contributed by atoms with E-state index in [-0.39, 0.29) is 5.95 Å². The van der Waals surface area contributed by atoms with E-state index < -0.39 is 0 Å². The van der Waals surface area contributed by atoms with Gasteiger partial charge in [0.15, 0.2) is 5.65 Å². The molecule has 7 nitrogen and oxygen atoms in total. The van der Waals surface area contributed by atoms with Gasteiger partial charge in [0, 0.05) is 6.54 Å². The molecular formula is C15H18N5O2PS. The molecule has 0 saturated heterocycles. The van der Waals surface area contributed by atoms with Gasteiger partial charge in [-0.05, 0) is 12.1 Å². The van der Waals surface area contributed by atoms with E-state index in [0.717, 1.165) is 10.6 Å². The fraction of sp³-hybridized carbons (Fsp3) is 0.267. The minimum Gasteiger partial charge on any atom is -0.496 e. The van der Waals surface area contributed by atoms with Crippen molar-refractivity contribution in [3.8, 4) is 5.75 Å². The van der Waals surface area contributed by atoms with Crippen molar-refractivity contribution >= 4 is 38.1 Å². The number of rotatable bonds is 7. The van der Waals surface area contributed by atoms with Crippen LogP contribution in [0.3, 0.4) is 0 Å². The third kappa shape index (κ3) is 3.61. The summed E-state index contributed by atoms with van der Waals surface area (Å²) in [5.74, 6) is 0.995. The summed E-state index contributed by atoms with van der Waals surface area (Å²) in [6.45, 7) is 1.23. The van der Waals surface area contributed by atoms with E-state index >= 15 is 0 Å². The second kappa shape index (κ2) is 7.79. The summed E-state index contributed by atoms with van der Waals surface area (Å²) >= 11 is 1.46. The maximum Gasteiger partial charge on any atom is 0.223 e. The molecule has 1 unspecified atom stereocenters. The van der Waals surface area contributed by atoms with Gasteiger partial charge in [-0.1, -0.05) is 23.9 Å². The number of aromatic nitrogens is 4. The van der Waals surface area contributed by atoms with Crippen LogP contribution in [0.1, 0.15) is 0 Å². The number of methoxy groups -OCH3 is 1. The van der Waals surface area contributed by atoms with E-state index in [2.05, 4.69) is 24.2 Å². The van der Waals surface area contributed by atoms with E-state index in [0.29, 0.717) is 35.7 Å². The highest BCUT2D eigenvalue weighted by Crippen LogP contribution is 2.36. The third-order valence-electron chi connectivity index (χ3n) is 3.32. The van der Waals surface area contributed by atoms with Crippen LogP contribution in [0, 0.1) is 0 Å². The van der Waals surface area contributed by atoms with Crippen LogP contribution in [0.25, 0.3) is 11.2 Å². The molecule has 2 aromatic heterocycles. The molecule has 1 atom stereocenters. The van der Waals surface area contributed by atoms with Crippen molar-refractivity contribution in [3.63, 3.8) is 0 Å². The zero-order chi connectivity index (χ0) is 16.9. The van der Waals surface area contributed by atoms with Gasteiger partial charge < -0.3 is 19.8 Å². The first-order valence-electron chi connectivity index (χ1n) is 7.30. The molecule has 1 aromatic carbocycles. The lowest BCUT2D eigenvalue weighted by atomic mass is 10.3. The van der Waals surface area contributed by atoms with Crippen molar-refractivity contribution in [3.05, 3.63) is 30.6 Å². The number of fused-ring (bicyclic) bond motifs is 1. The Morgan fingerprint density at radius 1 is 1.29 bits per heavy atom. The standard InChI is InChI=1S/C15H18N5O2PS/c1-21-10-4-2-3-5-11(10)24-14-12-13(18-15(16)19-14)20(8-17-12)6-7-22-9-23/h2-5,8H,6-7,9,23H2,1H3,(H2,16,18,19). The van der Waals surface area contributed by atoms with Gasteiger partial charge in [-0.2, -0.15) is 4.98 Å². The molecule has 2 heterocycles. The molecule has 0 aliphatic heterocycles. The summed E-state index contributed by atoms with van der Waals surface area (Å²) in [6.07, 6.45) is 2.33. The number of hydrogen-bond acceptors (Lipinski definition) is 7. The summed E-state index contributed by atoms with van der Waals surface area (Å²) in [5, 5.41) is 0.702. The van der Waals surface area contributed by atoms with Crippen molar-refractivity contribution in [1.82, 2.24) is 19.5 Å². The van der Waals surface area contributed by atoms with E-state index in [9.17, 15) is 0 Å². The van der Waals surface area contributed by atoms with Crippen LogP contribution in [-0.2, 0) is 11.3 Å². The normalized spacial score (nSPS) is 11.1. The molecular weight excluding hydrogens is 345 g/mol. The summed E-state index contributed by atoms with van der Waals surface area (Å²) in [6, 6.07) is 7.75. The minimum atomic E-state index is 0.216.